The smallest absolute Gasteiger partial charge is 0.292 e. The first kappa shape index (κ1) is 24.6. The van der Waals surface area contributed by atoms with E-state index in [1.807, 2.05) is 71.6 Å². The number of para-hydroxylation sites is 3. The van der Waals surface area contributed by atoms with Gasteiger partial charge in [0.05, 0.1) is 13.7 Å². The number of methoxy groups -OCH3 is 1. The third-order valence-corrected chi connectivity index (χ3v) is 5.79. The summed E-state index contributed by atoms with van der Waals surface area (Å²) in [4.78, 5) is 26.7. The number of H-pyrrole nitrogens is 1. The number of ether oxygens (including phenoxy) is 3. The van der Waals surface area contributed by atoms with Gasteiger partial charge in [0.1, 0.15) is 0 Å². The van der Waals surface area contributed by atoms with E-state index in [0.29, 0.717) is 19.8 Å². The molecule has 0 spiro atoms. The standard InChI is InChI=1S/C20H18N2O.C7H6O2.C2H4O2/c23-20(11-10-15-6-2-1-3-7-15)22-13-12-17-16-8-4-5-9-18(16)21-19(17)14-22;1-2-4-7-6(3-1)8-5-9-7;1-4-2-3/h1-11,21H,12-14H2;1-4H,5H2;2H,1H3/b11-10+;;. The van der Waals surface area contributed by atoms with Crippen LogP contribution >= 0.6 is 0 Å². The molecule has 3 aromatic carbocycles. The first-order valence-corrected chi connectivity index (χ1v) is 11.6. The molecule has 3 heterocycles. The minimum absolute atomic E-state index is 0.0677. The SMILES string of the molecule is COC=O.O=C(/C=C/c1ccccc1)N1CCc2c([nH]c3ccccc23)C1.c1ccc2c(c1)OCO2. The summed E-state index contributed by atoms with van der Waals surface area (Å²) in [6.07, 6.45) is 4.45. The van der Waals surface area contributed by atoms with E-state index >= 15 is 0 Å². The van der Waals surface area contributed by atoms with Crippen LogP contribution in [0.25, 0.3) is 17.0 Å². The third kappa shape index (κ3) is 6.13. The fourth-order valence-electron chi connectivity index (χ4n) is 4.06. The molecule has 1 N–H and O–H groups in total. The van der Waals surface area contributed by atoms with Crippen LogP contribution in [0.15, 0.2) is 84.9 Å². The molecule has 0 fully saturated rings. The molecule has 2 aliphatic heterocycles. The van der Waals surface area contributed by atoms with Crippen molar-refractivity contribution in [1.29, 1.82) is 0 Å². The van der Waals surface area contributed by atoms with Crippen LogP contribution in [-0.2, 0) is 27.3 Å². The third-order valence-electron chi connectivity index (χ3n) is 5.79. The number of hydrogen-bond donors (Lipinski definition) is 1. The molecule has 0 unspecified atom stereocenters. The molecule has 0 aliphatic carbocycles. The molecule has 7 nitrogen and oxygen atoms in total. The molecular formula is C29H28N2O5. The van der Waals surface area contributed by atoms with Gasteiger partial charge in [-0.25, -0.2) is 0 Å². The lowest BCUT2D eigenvalue weighted by molar-refractivity contribution is -0.127. The number of rotatable bonds is 3. The van der Waals surface area contributed by atoms with Crippen LogP contribution in [0.4, 0.5) is 0 Å². The molecule has 0 saturated heterocycles. The number of hydrogen-bond acceptors (Lipinski definition) is 5. The zero-order valence-electron chi connectivity index (χ0n) is 20.1. The molecule has 0 bridgehead atoms. The predicted molar refractivity (Wildman–Crippen MR) is 139 cm³/mol. The van der Waals surface area contributed by atoms with Gasteiger partial charge in [-0.15, -0.1) is 0 Å². The van der Waals surface area contributed by atoms with E-state index in [1.54, 1.807) is 6.08 Å². The van der Waals surface area contributed by atoms with Gasteiger partial charge in [0.2, 0.25) is 12.7 Å². The molecular weight excluding hydrogens is 456 g/mol. The molecule has 0 radical (unpaired) electrons. The Hall–Kier alpha value is -4.52. The normalized spacial score (nSPS) is 13.2. The van der Waals surface area contributed by atoms with E-state index in [0.717, 1.165) is 35.5 Å². The summed E-state index contributed by atoms with van der Waals surface area (Å²) >= 11 is 0. The highest BCUT2D eigenvalue weighted by Gasteiger charge is 2.22. The number of benzene rings is 3. The van der Waals surface area contributed by atoms with Gasteiger partial charge in [0, 0.05) is 29.2 Å². The van der Waals surface area contributed by atoms with E-state index in [2.05, 4.69) is 27.9 Å². The van der Waals surface area contributed by atoms with E-state index < -0.39 is 0 Å². The van der Waals surface area contributed by atoms with Crippen LogP contribution in [0.3, 0.4) is 0 Å². The quantitative estimate of drug-likeness (QED) is 0.328. The van der Waals surface area contributed by atoms with Gasteiger partial charge in [0.25, 0.3) is 6.47 Å². The number of carbonyl (C=O) groups is 2. The lowest BCUT2D eigenvalue weighted by Gasteiger charge is -2.26. The van der Waals surface area contributed by atoms with E-state index in [9.17, 15) is 4.79 Å². The first-order valence-electron chi connectivity index (χ1n) is 11.6. The summed E-state index contributed by atoms with van der Waals surface area (Å²) in [5, 5.41) is 1.29. The summed E-state index contributed by atoms with van der Waals surface area (Å²) in [7, 11) is 1.31. The van der Waals surface area contributed by atoms with Gasteiger partial charge in [-0.3, -0.25) is 9.59 Å². The van der Waals surface area contributed by atoms with Crippen LogP contribution < -0.4 is 9.47 Å². The van der Waals surface area contributed by atoms with Crippen molar-refractivity contribution in [3.63, 3.8) is 0 Å². The van der Waals surface area contributed by atoms with Crippen molar-refractivity contribution in [3.8, 4) is 11.5 Å². The van der Waals surface area contributed by atoms with Gasteiger partial charge in [-0.2, -0.15) is 0 Å². The lowest BCUT2D eigenvalue weighted by Crippen LogP contribution is -2.34. The molecule has 0 atom stereocenters. The summed E-state index contributed by atoms with van der Waals surface area (Å²) in [5.41, 5.74) is 4.73. The minimum Gasteiger partial charge on any atom is -0.471 e. The predicted octanol–water partition coefficient (Wildman–Crippen LogP) is 4.97. The van der Waals surface area contributed by atoms with Gasteiger partial charge in [-0.1, -0.05) is 60.7 Å². The number of aromatic nitrogens is 1. The van der Waals surface area contributed by atoms with E-state index in [-0.39, 0.29) is 5.91 Å². The Kier molecular flexibility index (Phi) is 8.38. The number of carbonyl (C=O) groups excluding carboxylic acids is 2. The summed E-state index contributed by atoms with van der Waals surface area (Å²) in [5.74, 6) is 1.76. The van der Waals surface area contributed by atoms with Gasteiger partial charge < -0.3 is 24.1 Å². The van der Waals surface area contributed by atoms with Crippen molar-refractivity contribution in [3.05, 3.63) is 102 Å². The molecule has 6 rings (SSSR count). The van der Waals surface area contributed by atoms with Gasteiger partial charge in [0.15, 0.2) is 11.5 Å². The van der Waals surface area contributed by atoms with Crippen LogP contribution in [-0.4, -0.2) is 42.7 Å². The highest BCUT2D eigenvalue weighted by atomic mass is 16.7. The Morgan fingerprint density at radius 3 is 2.28 bits per heavy atom. The topological polar surface area (TPSA) is 80.9 Å². The van der Waals surface area contributed by atoms with Crippen molar-refractivity contribution in [2.45, 2.75) is 13.0 Å². The Labute approximate surface area is 209 Å². The second kappa shape index (κ2) is 12.3. The molecule has 1 aromatic heterocycles. The average Bonchev–Trinajstić information content (AvgIpc) is 3.57. The lowest BCUT2D eigenvalue weighted by atomic mass is 10.0. The highest BCUT2D eigenvalue weighted by Crippen LogP contribution is 2.30. The number of nitrogens with zero attached hydrogens (tertiary/aromatic N) is 1. The van der Waals surface area contributed by atoms with Crippen molar-refractivity contribution in [1.82, 2.24) is 9.88 Å². The van der Waals surface area contributed by atoms with Crippen LogP contribution in [0, 0.1) is 0 Å². The van der Waals surface area contributed by atoms with Crippen molar-refractivity contribution < 1.29 is 23.8 Å². The number of aromatic amines is 1. The fourth-order valence-corrected chi connectivity index (χ4v) is 4.06. The Bertz CT molecular complexity index is 1310. The molecule has 1 amide bonds. The van der Waals surface area contributed by atoms with Crippen LogP contribution in [0.1, 0.15) is 16.8 Å². The number of amides is 1. The Morgan fingerprint density at radius 2 is 1.58 bits per heavy atom. The minimum atomic E-state index is 0.0677. The van der Waals surface area contributed by atoms with Crippen molar-refractivity contribution >= 4 is 29.4 Å². The molecule has 0 saturated carbocycles. The summed E-state index contributed by atoms with van der Waals surface area (Å²) in [6.45, 7) is 2.16. The Balaban J connectivity index is 0.000000192. The molecule has 2 aliphatic rings. The van der Waals surface area contributed by atoms with E-state index in [4.69, 9.17) is 14.3 Å². The second-order valence-electron chi connectivity index (χ2n) is 8.07. The largest absolute Gasteiger partial charge is 0.471 e. The van der Waals surface area contributed by atoms with E-state index in [1.165, 1.54) is 23.8 Å². The average molecular weight is 485 g/mol. The van der Waals surface area contributed by atoms with Crippen LogP contribution in [0.5, 0.6) is 11.5 Å². The second-order valence-corrected chi connectivity index (χ2v) is 8.07. The maximum absolute atomic E-state index is 12.4. The molecule has 4 aromatic rings. The maximum Gasteiger partial charge on any atom is 0.292 e. The molecule has 7 heteroatoms. The zero-order chi connectivity index (χ0) is 25.2. The Morgan fingerprint density at radius 1 is 0.944 bits per heavy atom. The number of nitrogens with one attached hydrogen (secondary N) is 1. The highest BCUT2D eigenvalue weighted by molar-refractivity contribution is 5.92. The summed E-state index contributed by atoms with van der Waals surface area (Å²) in [6, 6.07) is 25.9. The molecule has 36 heavy (non-hydrogen) atoms. The maximum atomic E-state index is 12.4. The number of fused-ring (bicyclic) bond motifs is 4. The van der Waals surface area contributed by atoms with Gasteiger partial charge >= 0.3 is 0 Å². The summed E-state index contributed by atoms with van der Waals surface area (Å²) < 4.78 is 14.0. The fraction of sp³-hybridized carbons (Fsp3) is 0.172. The van der Waals surface area contributed by atoms with Crippen molar-refractivity contribution in [2.24, 2.45) is 0 Å². The molecule has 184 valence electrons. The van der Waals surface area contributed by atoms with Crippen molar-refractivity contribution in [2.75, 3.05) is 20.4 Å². The van der Waals surface area contributed by atoms with Crippen LogP contribution in [0.2, 0.25) is 0 Å². The van der Waals surface area contributed by atoms with Gasteiger partial charge in [-0.05, 0) is 41.8 Å². The monoisotopic (exact) mass is 484 g/mol. The first-order chi connectivity index (χ1) is 17.7. The zero-order valence-corrected chi connectivity index (χ0v) is 20.1.